The number of nitrogens with zero attached hydrogens (tertiary/aromatic N) is 2. The van der Waals surface area contributed by atoms with Crippen LogP contribution in [0.25, 0.3) is 11.4 Å². The molecule has 1 aliphatic heterocycles. The number of anilines is 1. The zero-order valence-electron chi connectivity index (χ0n) is 15.5. The first kappa shape index (κ1) is 17.8. The van der Waals surface area contributed by atoms with Gasteiger partial charge in [0.05, 0.1) is 17.9 Å². The molecule has 0 unspecified atom stereocenters. The standard InChI is InChI=1S/C21H21N5O2/c1-13-3-2-4-16(11-13)23-21(28)26-10-9-17-18(12-26)25-20(24-17)15-7-5-14(6-8-15)19(22)27/h2-8,11H,9-10,12H2,1H3,(H2,22,27)(H,23,28)(H,24,25). The number of carbonyl (C=O) groups is 2. The molecule has 4 rings (SSSR count). The number of imidazole rings is 1. The Morgan fingerprint density at radius 3 is 2.68 bits per heavy atom. The molecule has 0 fully saturated rings. The molecule has 0 atom stereocenters. The first-order chi connectivity index (χ1) is 13.5. The highest BCUT2D eigenvalue weighted by molar-refractivity contribution is 5.93. The molecule has 0 aliphatic carbocycles. The largest absolute Gasteiger partial charge is 0.366 e. The van der Waals surface area contributed by atoms with Gasteiger partial charge in [-0.1, -0.05) is 24.3 Å². The van der Waals surface area contributed by atoms with Crippen molar-refractivity contribution in [3.05, 3.63) is 71.0 Å². The van der Waals surface area contributed by atoms with Crippen molar-refractivity contribution in [3.63, 3.8) is 0 Å². The van der Waals surface area contributed by atoms with Crippen LogP contribution in [0.4, 0.5) is 10.5 Å². The molecule has 0 saturated heterocycles. The van der Waals surface area contributed by atoms with Crippen LogP contribution in [0.5, 0.6) is 0 Å². The van der Waals surface area contributed by atoms with Crippen LogP contribution in [-0.4, -0.2) is 33.4 Å². The van der Waals surface area contributed by atoms with E-state index in [4.69, 9.17) is 5.73 Å². The molecule has 28 heavy (non-hydrogen) atoms. The van der Waals surface area contributed by atoms with Crippen molar-refractivity contribution in [1.29, 1.82) is 0 Å². The van der Waals surface area contributed by atoms with E-state index in [-0.39, 0.29) is 6.03 Å². The lowest BCUT2D eigenvalue weighted by Crippen LogP contribution is -2.38. The van der Waals surface area contributed by atoms with E-state index in [1.54, 1.807) is 17.0 Å². The molecule has 4 N–H and O–H groups in total. The molecule has 7 heteroatoms. The summed E-state index contributed by atoms with van der Waals surface area (Å²) in [6, 6.07) is 14.6. The minimum Gasteiger partial charge on any atom is -0.366 e. The Labute approximate surface area is 162 Å². The van der Waals surface area contributed by atoms with Crippen molar-refractivity contribution in [3.8, 4) is 11.4 Å². The van der Waals surface area contributed by atoms with E-state index in [0.29, 0.717) is 25.1 Å². The number of aromatic nitrogens is 2. The fraction of sp³-hybridized carbons (Fsp3) is 0.190. The zero-order valence-corrected chi connectivity index (χ0v) is 15.5. The van der Waals surface area contributed by atoms with E-state index < -0.39 is 5.91 Å². The summed E-state index contributed by atoms with van der Waals surface area (Å²) in [7, 11) is 0. The second-order valence-electron chi connectivity index (χ2n) is 6.92. The summed E-state index contributed by atoms with van der Waals surface area (Å²) in [6.07, 6.45) is 0.687. The molecule has 7 nitrogen and oxygen atoms in total. The second-order valence-corrected chi connectivity index (χ2v) is 6.92. The van der Waals surface area contributed by atoms with Gasteiger partial charge in [-0.3, -0.25) is 4.79 Å². The van der Waals surface area contributed by atoms with Gasteiger partial charge in [-0.05, 0) is 36.8 Å². The predicted octanol–water partition coefficient (Wildman–Crippen LogP) is 3.07. The smallest absolute Gasteiger partial charge is 0.322 e. The lowest BCUT2D eigenvalue weighted by atomic mass is 10.1. The maximum Gasteiger partial charge on any atom is 0.322 e. The number of hydrogen-bond donors (Lipinski definition) is 3. The second kappa shape index (κ2) is 7.19. The number of nitrogens with one attached hydrogen (secondary N) is 2. The van der Waals surface area contributed by atoms with Gasteiger partial charge in [0.2, 0.25) is 5.91 Å². The van der Waals surface area contributed by atoms with Crippen molar-refractivity contribution in [2.24, 2.45) is 5.73 Å². The van der Waals surface area contributed by atoms with Crippen LogP contribution >= 0.6 is 0 Å². The van der Waals surface area contributed by atoms with E-state index in [9.17, 15) is 9.59 Å². The zero-order chi connectivity index (χ0) is 19.7. The summed E-state index contributed by atoms with van der Waals surface area (Å²) in [6.45, 7) is 3.07. The van der Waals surface area contributed by atoms with Gasteiger partial charge in [0.15, 0.2) is 0 Å². The van der Waals surface area contributed by atoms with Crippen LogP contribution in [0.1, 0.15) is 27.3 Å². The molecular weight excluding hydrogens is 354 g/mol. The average Bonchev–Trinajstić information content (AvgIpc) is 3.11. The summed E-state index contributed by atoms with van der Waals surface area (Å²) in [5, 5.41) is 2.95. The summed E-state index contributed by atoms with van der Waals surface area (Å²) in [5.74, 6) is 0.266. The molecule has 2 heterocycles. The normalized spacial score (nSPS) is 13.1. The third kappa shape index (κ3) is 3.59. The van der Waals surface area contributed by atoms with Crippen LogP contribution in [0.3, 0.4) is 0 Å². The lowest BCUT2D eigenvalue weighted by molar-refractivity contribution is 0.100. The van der Waals surface area contributed by atoms with Gasteiger partial charge < -0.3 is 20.9 Å². The highest BCUT2D eigenvalue weighted by Gasteiger charge is 2.24. The number of benzene rings is 2. The fourth-order valence-corrected chi connectivity index (χ4v) is 3.32. The topological polar surface area (TPSA) is 104 Å². The molecular formula is C21H21N5O2. The number of aryl methyl sites for hydroxylation is 1. The van der Waals surface area contributed by atoms with Crippen LogP contribution in [0.15, 0.2) is 48.5 Å². The molecule has 0 saturated carbocycles. The number of nitrogens with two attached hydrogens (primary N) is 1. The molecule has 142 valence electrons. The number of rotatable bonds is 3. The quantitative estimate of drug-likeness (QED) is 0.655. The molecule has 0 spiro atoms. The van der Waals surface area contributed by atoms with Gasteiger partial charge in [-0.15, -0.1) is 0 Å². The molecule has 0 bridgehead atoms. The summed E-state index contributed by atoms with van der Waals surface area (Å²) >= 11 is 0. The van der Waals surface area contributed by atoms with Crippen molar-refractivity contribution in [2.75, 3.05) is 11.9 Å². The van der Waals surface area contributed by atoms with Crippen LogP contribution < -0.4 is 11.1 Å². The Hall–Kier alpha value is -3.61. The highest BCUT2D eigenvalue weighted by atomic mass is 16.2. The fourth-order valence-electron chi connectivity index (χ4n) is 3.32. The number of urea groups is 1. The maximum absolute atomic E-state index is 12.6. The molecule has 3 aromatic rings. The number of aromatic amines is 1. The monoisotopic (exact) mass is 375 g/mol. The van der Waals surface area contributed by atoms with E-state index in [1.807, 2.05) is 43.3 Å². The number of hydrogen-bond acceptors (Lipinski definition) is 3. The molecule has 1 aliphatic rings. The van der Waals surface area contributed by atoms with E-state index in [0.717, 1.165) is 34.0 Å². The van der Waals surface area contributed by atoms with Gasteiger partial charge in [-0.25, -0.2) is 9.78 Å². The number of amides is 3. The number of primary amides is 1. The Bertz CT molecular complexity index is 1040. The van der Waals surface area contributed by atoms with Gasteiger partial charge in [0, 0.05) is 29.8 Å². The molecule has 3 amide bonds. The number of H-pyrrole nitrogens is 1. The van der Waals surface area contributed by atoms with Gasteiger partial charge in [-0.2, -0.15) is 0 Å². The van der Waals surface area contributed by atoms with E-state index >= 15 is 0 Å². The van der Waals surface area contributed by atoms with E-state index in [1.165, 1.54) is 0 Å². The van der Waals surface area contributed by atoms with Gasteiger partial charge in [0.25, 0.3) is 0 Å². The van der Waals surface area contributed by atoms with Crippen LogP contribution in [0, 0.1) is 6.92 Å². The van der Waals surface area contributed by atoms with Crippen molar-refractivity contribution in [2.45, 2.75) is 19.9 Å². The van der Waals surface area contributed by atoms with Crippen molar-refractivity contribution >= 4 is 17.6 Å². The molecule has 1 aromatic heterocycles. The summed E-state index contributed by atoms with van der Waals surface area (Å²) in [4.78, 5) is 33.5. The Morgan fingerprint density at radius 2 is 1.96 bits per heavy atom. The first-order valence-corrected chi connectivity index (χ1v) is 9.10. The number of carbonyl (C=O) groups excluding carboxylic acids is 2. The third-order valence-electron chi connectivity index (χ3n) is 4.83. The predicted molar refractivity (Wildman–Crippen MR) is 107 cm³/mol. The summed E-state index contributed by atoms with van der Waals surface area (Å²) < 4.78 is 0. The SMILES string of the molecule is Cc1cccc(NC(=O)N2CCc3nc(-c4ccc(C(N)=O)cc4)[nH]c3C2)c1. The minimum absolute atomic E-state index is 0.127. The Morgan fingerprint density at radius 1 is 1.18 bits per heavy atom. The van der Waals surface area contributed by atoms with E-state index in [2.05, 4.69) is 15.3 Å². The van der Waals surface area contributed by atoms with Crippen LogP contribution in [0.2, 0.25) is 0 Å². The third-order valence-corrected chi connectivity index (χ3v) is 4.83. The van der Waals surface area contributed by atoms with Crippen LogP contribution in [-0.2, 0) is 13.0 Å². The highest BCUT2D eigenvalue weighted by Crippen LogP contribution is 2.23. The van der Waals surface area contributed by atoms with Gasteiger partial charge >= 0.3 is 6.03 Å². The molecule has 0 radical (unpaired) electrons. The first-order valence-electron chi connectivity index (χ1n) is 9.10. The lowest BCUT2D eigenvalue weighted by Gasteiger charge is -2.26. The summed E-state index contributed by atoms with van der Waals surface area (Å²) in [5.41, 5.74) is 10.4. The minimum atomic E-state index is -0.458. The molecule has 2 aromatic carbocycles. The van der Waals surface area contributed by atoms with Crippen molar-refractivity contribution in [1.82, 2.24) is 14.9 Å². The van der Waals surface area contributed by atoms with Crippen molar-refractivity contribution < 1.29 is 9.59 Å². The maximum atomic E-state index is 12.6. The van der Waals surface area contributed by atoms with Gasteiger partial charge in [0.1, 0.15) is 5.82 Å². The number of fused-ring (bicyclic) bond motifs is 1. The average molecular weight is 375 g/mol. The Kier molecular flexibility index (Phi) is 4.57. The Balaban J connectivity index is 1.48.